The summed E-state index contributed by atoms with van der Waals surface area (Å²) in [5.74, 6) is -0.911. The number of benzene rings is 2. The molecule has 0 bridgehead atoms. The first-order valence-corrected chi connectivity index (χ1v) is 7.04. The van der Waals surface area contributed by atoms with Crippen molar-refractivity contribution >= 4 is 16.6 Å². The van der Waals surface area contributed by atoms with Gasteiger partial charge in [-0.2, -0.15) is 0 Å². The van der Waals surface area contributed by atoms with Gasteiger partial charge in [0.25, 0.3) is 0 Å². The second-order valence-electron chi connectivity index (χ2n) is 5.36. The van der Waals surface area contributed by atoms with Crippen LogP contribution in [0.15, 0.2) is 53.5 Å². The molecule has 5 nitrogen and oxygen atoms in total. The number of aromatic nitrogens is 3. The van der Waals surface area contributed by atoms with Crippen LogP contribution in [0, 0.1) is 12.7 Å². The number of para-hydroxylation sites is 2. The highest BCUT2D eigenvalue weighted by atomic mass is 19.1. The zero-order valence-corrected chi connectivity index (χ0v) is 12.2. The van der Waals surface area contributed by atoms with Gasteiger partial charge in [0.2, 0.25) is 5.88 Å². The third-order valence-electron chi connectivity index (χ3n) is 3.86. The lowest BCUT2D eigenvalue weighted by Crippen LogP contribution is -2.20. The van der Waals surface area contributed by atoms with Gasteiger partial charge in [-0.1, -0.05) is 18.2 Å². The molecule has 0 atom stereocenters. The first-order valence-electron chi connectivity index (χ1n) is 7.04. The van der Waals surface area contributed by atoms with E-state index in [1.54, 1.807) is 31.2 Å². The number of aryl methyl sites for hydroxylation is 1. The largest absolute Gasteiger partial charge is 0.493 e. The molecule has 2 heterocycles. The van der Waals surface area contributed by atoms with Crippen molar-refractivity contribution in [1.29, 1.82) is 0 Å². The molecular weight excluding hydrogens is 297 g/mol. The van der Waals surface area contributed by atoms with E-state index in [0.717, 1.165) is 10.1 Å². The van der Waals surface area contributed by atoms with E-state index >= 15 is 0 Å². The topological polar surface area (TPSA) is 59.5 Å². The van der Waals surface area contributed by atoms with Crippen molar-refractivity contribution in [2.75, 3.05) is 0 Å². The van der Waals surface area contributed by atoms with Crippen LogP contribution in [0.5, 0.6) is 5.88 Å². The van der Waals surface area contributed by atoms with Gasteiger partial charge in [0.05, 0.1) is 22.9 Å². The Kier molecular flexibility index (Phi) is 2.74. The number of nitrogens with zero attached hydrogens (tertiary/aromatic N) is 3. The lowest BCUT2D eigenvalue weighted by Gasteiger charge is -2.05. The molecule has 2 aromatic carbocycles. The molecule has 23 heavy (non-hydrogen) atoms. The van der Waals surface area contributed by atoms with Crippen LogP contribution >= 0.6 is 0 Å². The molecule has 0 aliphatic heterocycles. The van der Waals surface area contributed by atoms with Crippen LogP contribution in [0.3, 0.4) is 0 Å². The highest BCUT2D eigenvalue weighted by molar-refractivity contribution is 5.79. The van der Waals surface area contributed by atoms with Gasteiger partial charge in [0, 0.05) is 0 Å². The van der Waals surface area contributed by atoms with Crippen molar-refractivity contribution in [2.24, 2.45) is 0 Å². The van der Waals surface area contributed by atoms with Crippen LogP contribution in [0.4, 0.5) is 4.39 Å². The maximum absolute atomic E-state index is 14.2. The first-order chi connectivity index (χ1) is 11.1. The van der Waals surface area contributed by atoms with E-state index in [2.05, 4.69) is 4.98 Å². The average molecular weight is 309 g/mol. The Morgan fingerprint density at radius 1 is 1.13 bits per heavy atom. The minimum absolute atomic E-state index is 0.00545. The standard InChI is InChI=1S/C17H12FN3O2/c1-10-6-7-13(11(18)8-10)21-16(22)15-9-19-12-4-2-3-5-14(12)20(15)17(21)23/h2-9,22H,1H3. The van der Waals surface area contributed by atoms with Gasteiger partial charge in [-0.05, 0) is 36.8 Å². The van der Waals surface area contributed by atoms with Crippen molar-refractivity contribution < 1.29 is 9.50 Å². The van der Waals surface area contributed by atoms with Gasteiger partial charge < -0.3 is 5.11 Å². The van der Waals surface area contributed by atoms with Crippen LogP contribution in [-0.2, 0) is 0 Å². The zero-order valence-electron chi connectivity index (χ0n) is 12.2. The van der Waals surface area contributed by atoms with E-state index in [1.807, 2.05) is 6.07 Å². The normalized spacial score (nSPS) is 11.4. The Morgan fingerprint density at radius 3 is 2.70 bits per heavy atom. The van der Waals surface area contributed by atoms with Crippen LogP contribution in [0.1, 0.15) is 5.56 Å². The Hall–Kier alpha value is -3.15. The summed E-state index contributed by atoms with van der Waals surface area (Å²) in [4.78, 5) is 17.0. The quantitative estimate of drug-likeness (QED) is 0.588. The minimum atomic E-state index is -0.574. The minimum Gasteiger partial charge on any atom is -0.493 e. The lowest BCUT2D eigenvalue weighted by atomic mass is 10.2. The molecule has 114 valence electrons. The average Bonchev–Trinajstić information content (AvgIpc) is 2.80. The molecular formula is C17H12FN3O2. The molecule has 4 aromatic rings. The van der Waals surface area contributed by atoms with Crippen LogP contribution in [-0.4, -0.2) is 19.1 Å². The number of hydrogen-bond donors (Lipinski definition) is 1. The predicted octanol–water partition coefficient (Wildman–Crippen LogP) is 2.79. The summed E-state index contributed by atoms with van der Waals surface area (Å²) in [7, 11) is 0. The Bertz CT molecular complexity index is 1130. The molecule has 0 amide bonds. The van der Waals surface area contributed by atoms with Gasteiger partial charge in [-0.25, -0.2) is 13.8 Å². The highest BCUT2D eigenvalue weighted by Gasteiger charge is 2.19. The highest BCUT2D eigenvalue weighted by Crippen LogP contribution is 2.25. The molecule has 0 saturated heterocycles. The smallest absolute Gasteiger partial charge is 0.341 e. The van der Waals surface area contributed by atoms with Gasteiger partial charge in [0.15, 0.2) is 0 Å². The molecule has 6 heteroatoms. The van der Waals surface area contributed by atoms with E-state index in [0.29, 0.717) is 11.0 Å². The monoisotopic (exact) mass is 309 g/mol. The number of imidazole rings is 1. The van der Waals surface area contributed by atoms with E-state index in [9.17, 15) is 14.3 Å². The maximum Gasteiger partial charge on any atom is 0.341 e. The third kappa shape index (κ3) is 1.85. The second kappa shape index (κ2) is 4.67. The summed E-state index contributed by atoms with van der Waals surface area (Å²) >= 11 is 0. The lowest BCUT2D eigenvalue weighted by molar-refractivity contribution is 0.443. The maximum atomic E-state index is 14.2. The first kappa shape index (κ1) is 13.5. The molecule has 0 aliphatic carbocycles. The van der Waals surface area contributed by atoms with Gasteiger partial charge in [-0.3, -0.25) is 9.38 Å². The summed E-state index contributed by atoms with van der Waals surface area (Å²) in [5, 5.41) is 10.4. The summed E-state index contributed by atoms with van der Waals surface area (Å²) in [6.45, 7) is 1.75. The Balaban J connectivity index is 2.17. The molecule has 1 N–H and O–H groups in total. The second-order valence-corrected chi connectivity index (χ2v) is 5.36. The number of halogens is 1. The summed E-state index contributed by atoms with van der Waals surface area (Å²) in [6, 6.07) is 11.6. The van der Waals surface area contributed by atoms with E-state index < -0.39 is 11.5 Å². The predicted molar refractivity (Wildman–Crippen MR) is 84.7 cm³/mol. The number of hydrogen-bond acceptors (Lipinski definition) is 3. The van der Waals surface area contributed by atoms with Gasteiger partial charge in [0.1, 0.15) is 11.3 Å². The molecule has 2 aromatic heterocycles. The van der Waals surface area contributed by atoms with Crippen LogP contribution in [0.25, 0.3) is 22.2 Å². The Labute approximate surface area is 129 Å². The van der Waals surface area contributed by atoms with Crippen molar-refractivity contribution in [1.82, 2.24) is 14.0 Å². The van der Waals surface area contributed by atoms with Crippen molar-refractivity contribution in [3.05, 3.63) is 70.5 Å². The summed E-state index contributed by atoms with van der Waals surface area (Å²) in [5.41, 5.74) is 1.59. The Morgan fingerprint density at radius 2 is 1.91 bits per heavy atom. The number of aromatic hydroxyl groups is 1. The van der Waals surface area contributed by atoms with E-state index in [-0.39, 0.29) is 17.1 Å². The summed E-state index contributed by atoms with van der Waals surface area (Å²) in [6.07, 6.45) is 1.40. The molecule has 4 rings (SSSR count). The van der Waals surface area contributed by atoms with Gasteiger partial charge >= 0.3 is 5.69 Å². The van der Waals surface area contributed by atoms with E-state index in [1.165, 1.54) is 22.7 Å². The molecule has 0 fully saturated rings. The molecule has 0 spiro atoms. The van der Waals surface area contributed by atoms with Crippen LogP contribution in [0.2, 0.25) is 0 Å². The molecule has 0 unspecified atom stereocenters. The summed E-state index contributed by atoms with van der Waals surface area (Å²) < 4.78 is 16.5. The van der Waals surface area contributed by atoms with Crippen molar-refractivity contribution in [3.63, 3.8) is 0 Å². The van der Waals surface area contributed by atoms with Crippen LogP contribution < -0.4 is 5.69 Å². The fourth-order valence-electron chi connectivity index (χ4n) is 2.76. The van der Waals surface area contributed by atoms with Crippen molar-refractivity contribution in [2.45, 2.75) is 6.92 Å². The molecule has 0 aliphatic rings. The van der Waals surface area contributed by atoms with Gasteiger partial charge in [-0.15, -0.1) is 0 Å². The third-order valence-corrected chi connectivity index (χ3v) is 3.86. The SMILES string of the molecule is Cc1ccc(-n2c(O)c3cnc4ccccc4n3c2=O)c(F)c1. The molecule has 0 saturated carbocycles. The fourth-order valence-corrected chi connectivity index (χ4v) is 2.76. The fraction of sp³-hybridized carbons (Fsp3) is 0.0588. The number of fused-ring (bicyclic) bond motifs is 3. The number of rotatable bonds is 1. The van der Waals surface area contributed by atoms with Crippen molar-refractivity contribution in [3.8, 4) is 11.6 Å². The van der Waals surface area contributed by atoms with E-state index in [4.69, 9.17) is 0 Å². The zero-order chi connectivity index (χ0) is 16.1. The molecule has 0 radical (unpaired) electrons.